The number of hydrogen-bond donors (Lipinski definition) is 1. The van der Waals surface area contributed by atoms with E-state index in [9.17, 15) is 0 Å². The predicted molar refractivity (Wildman–Crippen MR) is 86.7 cm³/mol. The maximum Gasteiger partial charge on any atom is 0.173 e. The van der Waals surface area contributed by atoms with Gasteiger partial charge in [0.25, 0.3) is 0 Å². The van der Waals surface area contributed by atoms with E-state index in [0.717, 1.165) is 23.8 Å². The van der Waals surface area contributed by atoms with Crippen molar-refractivity contribution in [2.24, 2.45) is 0 Å². The van der Waals surface area contributed by atoms with Crippen LogP contribution in [-0.2, 0) is 6.42 Å². The van der Waals surface area contributed by atoms with Gasteiger partial charge in [0.05, 0.1) is 0 Å². The fraction of sp³-hybridized carbons (Fsp3) is 0.562. The summed E-state index contributed by atoms with van der Waals surface area (Å²) in [5, 5.41) is 4.33. The number of anilines is 1. The van der Waals surface area contributed by atoms with Crippen LogP contribution < -0.4 is 5.32 Å². The molecule has 104 valence electrons. The van der Waals surface area contributed by atoms with Gasteiger partial charge in [0.2, 0.25) is 0 Å². The highest BCUT2D eigenvalue weighted by molar-refractivity contribution is 7.80. The van der Waals surface area contributed by atoms with Crippen molar-refractivity contribution >= 4 is 23.0 Å². The lowest BCUT2D eigenvalue weighted by atomic mass is 10.1. The SMILES string of the molecule is CCc1ccccc1NC(=S)N1CCCCCC1C. The lowest BCUT2D eigenvalue weighted by molar-refractivity contribution is 0.341. The second-order valence-electron chi connectivity index (χ2n) is 5.33. The fourth-order valence-corrected chi connectivity index (χ4v) is 3.10. The van der Waals surface area contributed by atoms with Crippen LogP contribution in [0.1, 0.15) is 45.1 Å². The van der Waals surface area contributed by atoms with Gasteiger partial charge in [-0.05, 0) is 50.0 Å². The predicted octanol–water partition coefficient (Wildman–Crippen LogP) is 4.21. The van der Waals surface area contributed by atoms with E-state index < -0.39 is 0 Å². The molecule has 19 heavy (non-hydrogen) atoms. The van der Waals surface area contributed by atoms with Crippen LogP contribution in [0.4, 0.5) is 5.69 Å². The summed E-state index contributed by atoms with van der Waals surface area (Å²) in [5.41, 5.74) is 2.48. The molecule has 1 saturated heterocycles. The van der Waals surface area contributed by atoms with Crippen LogP contribution in [0.25, 0.3) is 0 Å². The summed E-state index contributed by atoms with van der Waals surface area (Å²) in [6, 6.07) is 8.98. The van der Waals surface area contributed by atoms with E-state index in [4.69, 9.17) is 12.2 Å². The molecule has 1 aromatic carbocycles. The molecule has 0 radical (unpaired) electrons. The molecule has 2 nitrogen and oxygen atoms in total. The molecule has 0 spiro atoms. The van der Waals surface area contributed by atoms with Gasteiger partial charge >= 0.3 is 0 Å². The lowest BCUT2D eigenvalue weighted by Gasteiger charge is -2.30. The summed E-state index contributed by atoms with van der Waals surface area (Å²) in [6.45, 7) is 5.55. The Bertz CT molecular complexity index is 431. The molecule has 0 aliphatic carbocycles. The summed E-state index contributed by atoms with van der Waals surface area (Å²) in [5.74, 6) is 0. The van der Waals surface area contributed by atoms with Gasteiger partial charge in [-0.15, -0.1) is 0 Å². The Labute approximate surface area is 122 Å². The molecule has 3 heteroatoms. The highest BCUT2D eigenvalue weighted by atomic mass is 32.1. The van der Waals surface area contributed by atoms with Crippen LogP contribution in [0.2, 0.25) is 0 Å². The minimum atomic E-state index is 0.552. The number of benzene rings is 1. The molecule has 1 aliphatic heterocycles. The number of likely N-dealkylation sites (tertiary alicyclic amines) is 1. The third-order valence-corrected chi connectivity index (χ3v) is 4.29. The van der Waals surface area contributed by atoms with Crippen LogP contribution in [0.3, 0.4) is 0 Å². The van der Waals surface area contributed by atoms with E-state index in [1.807, 2.05) is 0 Å². The number of aryl methyl sites for hydroxylation is 1. The number of nitrogens with zero attached hydrogens (tertiary/aromatic N) is 1. The molecule has 0 saturated carbocycles. The van der Waals surface area contributed by atoms with Crippen molar-refractivity contribution in [3.8, 4) is 0 Å². The molecule has 2 rings (SSSR count). The Balaban J connectivity index is 2.07. The molecule has 1 fully saturated rings. The summed E-state index contributed by atoms with van der Waals surface area (Å²) in [7, 11) is 0. The molecular formula is C16H24N2S. The Morgan fingerprint density at radius 1 is 1.32 bits per heavy atom. The van der Waals surface area contributed by atoms with E-state index in [0.29, 0.717) is 6.04 Å². The van der Waals surface area contributed by atoms with Crippen LogP contribution in [0.5, 0.6) is 0 Å². The molecule has 0 aromatic heterocycles. The number of nitrogens with one attached hydrogen (secondary N) is 1. The van der Waals surface area contributed by atoms with Crippen LogP contribution in [0.15, 0.2) is 24.3 Å². The Morgan fingerprint density at radius 2 is 2.11 bits per heavy atom. The molecule has 1 atom stereocenters. The topological polar surface area (TPSA) is 15.3 Å². The van der Waals surface area contributed by atoms with Crippen molar-refractivity contribution in [1.82, 2.24) is 4.90 Å². The minimum absolute atomic E-state index is 0.552. The van der Waals surface area contributed by atoms with Gasteiger partial charge in [-0.25, -0.2) is 0 Å². The summed E-state index contributed by atoms with van der Waals surface area (Å²) in [4.78, 5) is 2.36. The molecule has 1 N–H and O–H groups in total. The third-order valence-electron chi connectivity index (χ3n) is 3.95. The first-order chi connectivity index (χ1) is 9.22. The largest absolute Gasteiger partial charge is 0.346 e. The van der Waals surface area contributed by atoms with E-state index in [1.54, 1.807) is 0 Å². The molecular weight excluding hydrogens is 252 g/mol. The molecule has 1 unspecified atom stereocenters. The number of para-hydroxylation sites is 1. The zero-order valence-electron chi connectivity index (χ0n) is 12.0. The zero-order chi connectivity index (χ0) is 13.7. The molecule has 1 aromatic rings. The minimum Gasteiger partial charge on any atom is -0.346 e. The first-order valence-electron chi connectivity index (χ1n) is 7.38. The lowest BCUT2D eigenvalue weighted by Crippen LogP contribution is -2.41. The quantitative estimate of drug-likeness (QED) is 0.815. The summed E-state index contributed by atoms with van der Waals surface area (Å²) >= 11 is 5.62. The van der Waals surface area contributed by atoms with Crippen molar-refractivity contribution in [2.75, 3.05) is 11.9 Å². The average molecular weight is 276 g/mol. The van der Waals surface area contributed by atoms with Gasteiger partial charge in [-0.1, -0.05) is 38.0 Å². The highest BCUT2D eigenvalue weighted by Gasteiger charge is 2.19. The van der Waals surface area contributed by atoms with Crippen molar-refractivity contribution in [3.05, 3.63) is 29.8 Å². The monoisotopic (exact) mass is 276 g/mol. The Kier molecular flexibility index (Phi) is 5.20. The van der Waals surface area contributed by atoms with Crippen LogP contribution in [-0.4, -0.2) is 22.6 Å². The molecule has 0 amide bonds. The van der Waals surface area contributed by atoms with Crippen molar-refractivity contribution in [1.29, 1.82) is 0 Å². The highest BCUT2D eigenvalue weighted by Crippen LogP contribution is 2.20. The first-order valence-corrected chi connectivity index (χ1v) is 7.78. The van der Waals surface area contributed by atoms with E-state index >= 15 is 0 Å². The summed E-state index contributed by atoms with van der Waals surface area (Å²) in [6.07, 6.45) is 6.18. The zero-order valence-corrected chi connectivity index (χ0v) is 12.8. The van der Waals surface area contributed by atoms with E-state index in [2.05, 4.69) is 48.3 Å². The van der Waals surface area contributed by atoms with Crippen LogP contribution in [0, 0.1) is 0 Å². The van der Waals surface area contributed by atoms with Crippen molar-refractivity contribution < 1.29 is 0 Å². The average Bonchev–Trinajstić information content (AvgIpc) is 2.64. The maximum atomic E-state index is 5.62. The smallest absolute Gasteiger partial charge is 0.173 e. The van der Waals surface area contributed by atoms with Gasteiger partial charge in [-0.3, -0.25) is 0 Å². The third kappa shape index (κ3) is 3.69. The number of hydrogen-bond acceptors (Lipinski definition) is 1. The van der Waals surface area contributed by atoms with Gasteiger partial charge in [-0.2, -0.15) is 0 Å². The van der Waals surface area contributed by atoms with Crippen molar-refractivity contribution in [3.63, 3.8) is 0 Å². The molecule has 1 heterocycles. The number of rotatable bonds is 2. The van der Waals surface area contributed by atoms with Gasteiger partial charge in [0.1, 0.15) is 0 Å². The Morgan fingerprint density at radius 3 is 2.89 bits per heavy atom. The van der Waals surface area contributed by atoms with Gasteiger partial charge in [0.15, 0.2) is 5.11 Å². The Hall–Kier alpha value is -1.09. The second kappa shape index (κ2) is 6.90. The first kappa shape index (κ1) is 14.3. The van der Waals surface area contributed by atoms with Crippen LogP contribution >= 0.6 is 12.2 Å². The fourth-order valence-electron chi connectivity index (χ4n) is 2.71. The summed E-state index contributed by atoms with van der Waals surface area (Å²) < 4.78 is 0. The van der Waals surface area contributed by atoms with Gasteiger partial charge in [0, 0.05) is 18.3 Å². The maximum absolute atomic E-state index is 5.62. The molecule has 1 aliphatic rings. The number of thiocarbonyl (C=S) groups is 1. The van der Waals surface area contributed by atoms with E-state index in [1.165, 1.54) is 31.2 Å². The normalized spacial score (nSPS) is 19.9. The second-order valence-corrected chi connectivity index (χ2v) is 5.72. The molecule has 0 bridgehead atoms. The van der Waals surface area contributed by atoms with Crippen molar-refractivity contribution in [2.45, 2.75) is 52.0 Å². The van der Waals surface area contributed by atoms with E-state index in [-0.39, 0.29) is 0 Å². The van der Waals surface area contributed by atoms with Gasteiger partial charge < -0.3 is 10.2 Å². The standard InChI is InChI=1S/C16H24N2S/c1-3-14-10-6-7-11-15(14)17-16(19)18-12-8-4-5-9-13(18)2/h6-7,10-11,13H,3-5,8-9,12H2,1-2H3,(H,17,19).